The van der Waals surface area contributed by atoms with Crippen LogP contribution in [-0.4, -0.2) is 35.1 Å². The average molecular weight is 456 g/mol. The molecule has 0 aliphatic heterocycles. The fourth-order valence-corrected chi connectivity index (χ4v) is 3.49. The Morgan fingerprint density at radius 2 is 1.62 bits per heavy atom. The second-order valence-electron chi connectivity index (χ2n) is 7.72. The van der Waals surface area contributed by atoms with Gasteiger partial charge >= 0.3 is 5.97 Å². The van der Waals surface area contributed by atoms with Gasteiger partial charge < -0.3 is 19.9 Å². The fourth-order valence-electron chi connectivity index (χ4n) is 3.49. The molecule has 0 radical (unpaired) electrons. The average Bonchev–Trinajstić information content (AvgIpc) is 2.87. The van der Waals surface area contributed by atoms with Crippen molar-refractivity contribution >= 4 is 22.8 Å². The van der Waals surface area contributed by atoms with Crippen molar-refractivity contribution in [3.05, 3.63) is 102 Å². The van der Waals surface area contributed by atoms with Gasteiger partial charge in [0.2, 0.25) is 0 Å². The van der Waals surface area contributed by atoms with Crippen molar-refractivity contribution in [2.24, 2.45) is 0 Å². The number of nitrogens with one attached hydrogen (secondary N) is 1. The topological polar surface area (TPSA) is 97.8 Å². The van der Waals surface area contributed by atoms with E-state index in [2.05, 4.69) is 10.3 Å². The molecule has 1 heterocycles. The van der Waals surface area contributed by atoms with Crippen LogP contribution in [0.4, 0.5) is 0 Å². The van der Waals surface area contributed by atoms with E-state index in [9.17, 15) is 14.7 Å². The SMILES string of the molecule is COc1ccc(C(=O)NC(Cc2ccc(OCc3ccc4ccccc4n3)cc2)C(=O)O)cc1. The van der Waals surface area contributed by atoms with E-state index in [1.165, 1.54) is 7.11 Å². The number of hydrogen-bond donors (Lipinski definition) is 2. The zero-order chi connectivity index (χ0) is 23.9. The summed E-state index contributed by atoms with van der Waals surface area (Å²) in [6.45, 7) is 0.319. The monoisotopic (exact) mass is 456 g/mol. The lowest BCUT2D eigenvalue weighted by molar-refractivity contribution is -0.139. The number of pyridine rings is 1. The summed E-state index contributed by atoms with van der Waals surface area (Å²) in [5.41, 5.74) is 2.85. The van der Waals surface area contributed by atoms with Gasteiger partial charge in [-0.1, -0.05) is 36.4 Å². The second-order valence-corrected chi connectivity index (χ2v) is 7.72. The molecule has 0 saturated heterocycles. The second kappa shape index (κ2) is 10.5. The van der Waals surface area contributed by atoms with Crippen molar-refractivity contribution in [3.8, 4) is 11.5 Å². The molecule has 1 aromatic heterocycles. The molecule has 0 fully saturated rings. The maximum Gasteiger partial charge on any atom is 0.326 e. The fraction of sp³-hybridized carbons (Fsp3) is 0.148. The molecule has 0 spiro atoms. The van der Waals surface area contributed by atoms with E-state index < -0.39 is 17.9 Å². The molecule has 0 bridgehead atoms. The number of carbonyl (C=O) groups is 2. The molecule has 172 valence electrons. The first-order valence-corrected chi connectivity index (χ1v) is 10.8. The van der Waals surface area contributed by atoms with Crippen LogP contribution in [0.1, 0.15) is 21.6 Å². The maximum atomic E-state index is 12.5. The zero-order valence-corrected chi connectivity index (χ0v) is 18.6. The smallest absolute Gasteiger partial charge is 0.326 e. The normalized spacial score (nSPS) is 11.6. The van der Waals surface area contributed by atoms with Crippen molar-refractivity contribution in [2.45, 2.75) is 19.1 Å². The molecule has 1 amide bonds. The third-order valence-electron chi connectivity index (χ3n) is 5.36. The number of aromatic nitrogens is 1. The van der Waals surface area contributed by atoms with Gasteiger partial charge in [0, 0.05) is 17.4 Å². The summed E-state index contributed by atoms with van der Waals surface area (Å²) in [5, 5.41) is 13.2. The molecule has 3 aromatic carbocycles. The lowest BCUT2D eigenvalue weighted by atomic mass is 10.1. The van der Waals surface area contributed by atoms with Crippen molar-refractivity contribution in [1.82, 2.24) is 10.3 Å². The number of nitrogens with zero attached hydrogens (tertiary/aromatic N) is 1. The molecule has 1 atom stereocenters. The Labute approximate surface area is 197 Å². The highest BCUT2D eigenvalue weighted by Crippen LogP contribution is 2.17. The highest BCUT2D eigenvalue weighted by atomic mass is 16.5. The summed E-state index contributed by atoms with van der Waals surface area (Å²) in [6.07, 6.45) is 0.143. The van der Waals surface area contributed by atoms with Gasteiger partial charge in [-0.25, -0.2) is 9.78 Å². The molecule has 0 aliphatic carbocycles. The minimum atomic E-state index is -1.11. The standard InChI is InChI=1S/C27H24N2O5/c1-33-22-14-9-20(10-15-22)26(30)29-25(27(31)32)16-18-6-12-23(13-7-18)34-17-21-11-8-19-4-2-3-5-24(19)28-21/h2-15,25H,16-17H2,1H3,(H,29,30)(H,31,32). The van der Waals surface area contributed by atoms with Crippen LogP contribution in [0.3, 0.4) is 0 Å². The quantitative estimate of drug-likeness (QED) is 0.391. The Morgan fingerprint density at radius 1 is 0.912 bits per heavy atom. The van der Waals surface area contributed by atoms with Crippen LogP contribution in [0.15, 0.2) is 84.9 Å². The summed E-state index contributed by atoms with van der Waals surface area (Å²) >= 11 is 0. The summed E-state index contributed by atoms with van der Waals surface area (Å²) < 4.78 is 10.9. The predicted octanol–water partition coefficient (Wildman–Crippen LogP) is 4.25. The summed E-state index contributed by atoms with van der Waals surface area (Å²) in [7, 11) is 1.53. The van der Waals surface area contributed by atoms with Gasteiger partial charge in [-0.2, -0.15) is 0 Å². The number of rotatable bonds is 9. The van der Waals surface area contributed by atoms with Crippen LogP contribution in [0.2, 0.25) is 0 Å². The van der Waals surface area contributed by atoms with Gasteiger partial charge in [0.1, 0.15) is 24.1 Å². The number of para-hydroxylation sites is 1. The highest BCUT2D eigenvalue weighted by molar-refractivity contribution is 5.96. The van der Waals surface area contributed by atoms with E-state index in [0.29, 0.717) is 23.7 Å². The minimum Gasteiger partial charge on any atom is -0.497 e. The van der Waals surface area contributed by atoms with Crippen molar-refractivity contribution < 1.29 is 24.2 Å². The van der Waals surface area contributed by atoms with Crippen LogP contribution in [0.25, 0.3) is 10.9 Å². The van der Waals surface area contributed by atoms with Crippen LogP contribution >= 0.6 is 0 Å². The molecule has 2 N–H and O–H groups in total. The minimum absolute atomic E-state index is 0.143. The number of carbonyl (C=O) groups excluding carboxylic acids is 1. The number of aliphatic carboxylic acids is 1. The molecule has 7 nitrogen and oxygen atoms in total. The number of carboxylic acid groups (broad SMARTS) is 1. The van der Waals surface area contributed by atoms with Gasteiger partial charge in [0.15, 0.2) is 0 Å². The van der Waals surface area contributed by atoms with Crippen LogP contribution < -0.4 is 14.8 Å². The van der Waals surface area contributed by atoms with Crippen molar-refractivity contribution in [1.29, 1.82) is 0 Å². The van der Waals surface area contributed by atoms with Gasteiger partial charge in [-0.05, 0) is 54.1 Å². The number of fused-ring (bicyclic) bond motifs is 1. The molecule has 34 heavy (non-hydrogen) atoms. The first-order chi connectivity index (χ1) is 16.5. The number of ether oxygens (including phenoxy) is 2. The van der Waals surface area contributed by atoms with E-state index in [0.717, 1.165) is 22.2 Å². The van der Waals surface area contributed by atoms with Crippen LogP contribution in [-0.2, 0) is 17.8 Å². The molecule has 4 rings (SSSR count). The predicted molar refractivity (Wildman–Crippen MR) is 128 cm³/mol. The molecule has 1 unspecified atom stereocenters. The Morgan fingerprint density at radius 3 is 2.32 bits per heavy atom. The molecular formula is C27H24N2O5. The number of benzene rings is 3. The number of carboxylic acids is 1. The van der Waals surface area contributed by atoms with E-state index in [-0.39, 0.29) is 6.42 Å². The number of amides is 1. The first-order valence-electron chi connectivity index (χ1n) is 10.8. The molecule has 4 aromatic rings. The van der Waals surface area contributed by atoms with E-state index in [1.807, 2.05) is 36.4 Å². The summed E-state index contributed by atoms with van der Waals surface area (Å²) in [4.78, 5) is 28.8. The van der Waals surface area contributed by atoms with E-state index in [1.54, 1.807) is 48.5 Å². The summed E-state index contributed by atoms with van der Waals surface area (Å²) in [6, 6.07) is 24.4. The molecule has 0 saturated carbocycles. The van der Waals surface area contributed by atoms with E-state index >= 15 is 0 Å². The molecular weight excluding hydrogens is 432 g/mol. The van der Waals surface area contributed by atoms with Crippen molar-refractivity contribution in [3.63, 3.8) is 0 Å². The third-order valence-corrected chi connectivity index (χ3v) is 5.36. The Hall–Kier alpha value is -4.39. The summed E-state index contributed by atoms with van der Waals surface area (Å²) in [5.74, 6) is -0.305. The Balaban J connectivity index is 1.35. The zero-order valence-electron chi connectivity index (χ0n) is 18.6. The maximum absolute atomic E-state index is 12.5. The highest BCUT2D eigenvalue weighted by Gasteiger charge is 2.21. The van der Waals surface area contributed by atoms with Gasteiger partial charge in [0.05, 0.1) is 18.3 Å². The largest absolute Gasteiger partial charge is 0.497 e. The Kier molecular flexibility index (Phi) is 7.03. The third kappa shape index (κ3) is 5.69. The van der Waals surface area contributed by atoms with E-state index in [4.69, 9.17) is 9.47 Å². The van der Waals surface area contributed by atoms with Crippen LogP contribution in [0, 0.1) is 0 Å². The van der Waals surface area contributed by atoms with Crippen molar-refractivity contribution in [2.75, 3.05) is 7.11 Å². The molecule has 7 heteroatoms. The van der Waals surface area contributed by atoms with Gasteiger partial charge in [-0.3, -0.25) is 4.79 Å². The number of methoxy groups -OCH3 is 1. The molecule has 0 aliphatic rings. The lowest BCUT2D eigenvalue weighted by Gasteiger charge is -2.15. The Bertz CT molecular complexity index is 1290. The van der Waals surface area contributed by atoms with Gasteiger partial charge in [0.25, 0.3) is 5.91 Å². The first kappa shape index (κ1) is 22.8. The lowest BCUT2D eigenvalue weighted by Crippen LogP contribution is -2.42. The van der Waals surface area contributed by atoms with Crippen LogP contribution in [0.5, 0.6) is 11.5 Å². The number of hydrogen-bond acceptors (Lipinski definition) is 5. The van der Waals surface area contributed by atoms with Gasteiger partial charge in [-0.15, -0.1) is 0 Å².